The van der Waals surface area contributed by atoms with E-state index in [1.165, 1.54) is 8.99 Å². The largest absolute Gasteiger partial charge is 0.493 e. The lowest BCUT2D eigenvalue weighted by molar-refractivity contribution is 0.0361. The van der Waals surface area contributed by atoms with Crippen molar-refractivity contribution in [2.45, 2.75) is 31.7 Å². The highest BCUT2D eigenvalue weighted by atomic mass is 32.2. The minimum atomic E-state index is -3.94. The number of nitrogens with zero attached hydrogens (tertiary/aromatic N) is 5. The van der Waals surface area contributed by atoms with Gasteiger partial charge in [0.2, 0.25) is 10.0 Å². The molecule has 5 rings (SSSR count). The van der Waals surface area contributed by atoms with Crippen molar-refractivity contribution in [1.82, 2.24) is 29.0 Å². The summed E-state index contributed by atoms with van der Waals surface area (Å²) in [6.07, 6.45) is 0.595. The fraction of sp³-hybridized carbons (Fsp3) is 0.414. The highest BCUT2D eigenvalue weighted by Gasteiger charge is 2.28. The summed E-state index contributed by atoms with van der Waals surface area (Å²) < 4.78 is 42.7. The van der Waals surface area contributed by atoms with Crippen molar-refractivity contribution in [3.63, 3.8) is 0 Å². The van der Waals surface area contributed by atoms with E-state index in [9.17, 15) is 13.2 Å². The molecule has 0 bridgehead atoms. The number of aromatic nitrogens is 4. The van der Waals surface area contributed by atoms with Crippen molar-refractivity contribution in [1.29, 1.82) is 0 Å². The van der Waals surface area contributed by atoms with Crippen molar-refractivity contribution in [2.24, 2.45) is 7.05 Å². The van der Waals surface area contributed by atoms with Crippen LogP contribution in [0.3, 0.4) is 0 Å². The first-order valence-electron chi connectivity index (χ1n) is 13.9. The monoisotopic (exact) mass is 580 g/mol. The maximum Gasteiger partial charge on any atom is 0.277 e. The number of aryl methyl sites for hydroxylation is 2. The first-order chi connectivity index (χ1) is 19.8. The first kappa shape index (κ1) is 28.9. The summed E-state index contributed by atoms with van der Waals surface area (Å²) in [5, 5.41) is 4.43. The molecule has 0 aliphatic carbocycles. The van der Waals surface area contributed by atoms with Gasteiger partial charge in [0.15, 0.2) is 5.52 Å². The van der Waals surface area contributed by atoms with Crippen LogP contribution in [0.1, 0.15) is 25.1 Å². The van der Waals surface area contributed by atoms with Gasteiger partial charge in [-0.15, -0.1) is 0 Å². The molecule has 0 spiro atoms. The summed E-state index contributed by atoms with van der Waals surface area (Å²) in [4.78, 5) is 22.9. The summed E-state index contributed by atoms with van der Waals surface area (Å²) in [5.41, 5.74) is 2.47. The number of hydrogen-bond acceptors (Lipinski definition) is 8. The molecule has 41 heavy (non-hydrogen) atoms. The van der Waals surface area contributed by atoms with Crippen LogP contribution < -0.4 is 10.3 Å². The molecule has 4 aromatic rings. The minimum Gasteiger partial charge on any atom is -0.493 e. The predicted molar refractivity (Wildman–Crippen MR) is 156 cm³/mol. The maximum absolute atomic E-state index is 14.2. The minimum absolute atomic E-state index is 0.0958. The molecule has 2 aromatic carbocycles. The molecule has 11 nitrogen and oxygen atoms in total. The Hall–Kier alpha value is -3.58. The van der Waals surface area contributed by atoms with Crippen molar-refractivity contribution >= 4 is 21.1 Å². The number of fused-ring (bicyclic) bond motifs is 1. The number of hydrogen-bond donors (Lipinski definition) is 1. The lowest BCUT2D eigenvalue weighted by atomic mass is 10.1. The third-order valence-corrected chi connectivity index (χ3v) is 9.05. The van der Waals surface area contributed by atoms with Crippen LogP contribution in [-0.4, -0.2) is 83.4 Å². The highest BCUT2D eigenvalue weighted by molar-refractivity contribution is 7.89. The van der Waals surface area contributed by atoms with E-state index in [1.54, 1.807) is 25.2 Å². The molecule has 12 heteroatoms. The number of rotatable bonds is 11. The number of benzene rings is 2. The number of nitrogens with one attached hydrogen (secondary N) is 1. The number of H-pyrrole nitrogens is 1. The Labute approximate surface area is 239 Å². The molecule has 0 atom stereocenters. The second-order valence-corrected chi connectivity index (χ2v) is 11.8. The molecule has 1 aliphatic rings. The smallest absolute Gasteiger partial charge is 0.277 e. The molecule has 218 valence electrons. The number of morpholine rings is 1. The Kier molecular flexibility index (Phi) is 8.83. The van der Waals surface area contributed by atoms with Gasteiger partial charge >= 0.3 is 0 Å². The van der Waals surface area contributed by atoms with Crippen LogP contribution in [0, 0.1) is 0 Å². The molecule has 0 saturated carbocycles. The van der Waals surface area contributed by atoms with E-state index < -0.39 is 10.0 Å². The van der Waals surface area contributed by atoms with Gasteiger partial charge in [-0.05, 0) is 37.1 Å². The number of aromatic amines is 1. The number of sulfonamides is 1. The molecule has 1 saturated heterocycles. The summed E-state index contributed by atoms with van der Waals surface area (Å²) in [6.45, 7) is 8.09. The van der Waals surface area contributed by atoms with Crippen LogP contribution in [0.2, 0.25) is 0 Å². The van der Waals surface area contributed by atoms with E-state index >= 15 is 0 Å². The summed E-state index contributed by atoms with van der Waals surface area (Å²) in [7, 11) is -2.24. The Morgan fingerprint density at radius 3 is 2.56 bits per heavy atom. The van der Waals surface area contributed by atoms with Crippen molar-refractivity contribution < 1.29 is 17.9 Å². The molecule has 1 fully saturated rings. The maximum atomic E-state index is 14.2. The van der Waals surface area contributed by atoms with Gasteiger partial charge in [0.1, 0.15) is 17.1 Å². The van der Waals surface area contributed by atoms with Gasteiger partial charge in [0, 0.05) is 39.8 Å². The van der Waals surface area contributed by atoms with Crippen molar-refractivity contribution in [3.05, 3.63) is 70.1 Å². The summed E-state index contributed by atoms with van der Waals surface area (Å²) in [5.74, 6) is 0.660. The van der Waals surface area contributed by atoms with Gasteiger partial charge in [0.05, 0.1) is 36.0 Å². The van der Waals surface area contributed by atoms with Gasteiger partial charge in [-0.1, -0.05) is 37.3 Å². The van der Waals surface area contributed by atoms with E-state index in [4.69, 9.17) is 14.5 Å². The first-order valence-corrected chi connectivity index (χ1v) is 15.3. The quantitative estimate of drug-likeness (QED) is 0.287. The van der Waals surface area contributed by atoms with E-state index in [0.717, 1.165) is 18.7 Å². The fourth-order valence-electron chi connectivity index (χ4n) is 5.05. The van der Waals surface area contributed by atoms with Crippen molar-refractivity contribution in [3.8, 4) is 17.1 Å². The molecular weight excluding hydrogens is 544 g/mol. The summed E-state index contributed by atoms with van der Waals surface area (Å²) in [6, 6.07) is 14.3. The Morgan fingerprint density at radius 2 is 1.85 bits per heavy atom. The van der Waals surface area contributed by atoms with Crippen LogP contribution in [0.5, 0.6) is 5.75 Å². The lowest BCUT2D eigenvalue weighted by Gasteiger charge is -2.30. The average molecular weight is 581 g/mol. The van der Waals surface area contributed by atoms with Crippen LogP contribution >= 0.6 is 0 Å². The van der Waals surface area contributed by atoms with Gasteiger partial charge in [0.25, 0.3) is 5.56 Å². The Morgan fingerprint density at radius 1 is 1.10 bits per heavy atom. The highest BCUT2D eigenvalue weighted by Crippen LogP contribution is 2.32. The van der Waals surface area contributed by atoms with Gasteiger partial charge in [-0.2, -0.15) is 9.40 Å². The third kappa shape index (κ3) is 6.20. The Balaban J connectivity index is 1.56. The molecule has 0 radical (unpaired) electrons. The van der Waals surface area contributed by atoms with E-state index in [2.05, 4.69) is 15.0 Å². The molecule has 0 unspecified atom stereocenters. The van der Waals surface area contributed by atoms with Crippen LogP contribution in [-0.2, 0) is 34.8 Å². The van der Waals surface area contributed by atoms with E-state index in [0.29, 0.717) is 67.4 Å². The van der Waals surface area contributed by atoms with Crippen LogP contribution in [0.4, 0.5) is 0 Å². The predicted octanol–water partition coefficient (Wildman–Crippen LogP) is 2.81. The molecule has 2 aromatic heterocycles. The van der Waals surface area contributed by atoms with Crippen molar-refractivity contribution in [2.75, 3.05) is 46.0 Å². The molecule has 0 amide bonds. The second kappa shape index (κ2) is 12.5. The van der Waals surface area contributed by atoms with Crippen LogP contribution in [0.25, 0.3) is 22.4 Å². The Bertz CT molecular complexity index is 1660. The SMILES string of the molecule is CCOc1ccc(S(=O)(=O)N(CCN2CCOCC2)Cc2ccccc2)cc1-c1nc2c(CC)nn(C)c2c(=O)[nH]1. The van der Waals surface area contributed by atoms with Gasteiger partial charge in [-0.3, -0.25) is 14.4 Å². The third-order valence-electron chi connectivity index (χ3n) is 7.21. The van der Waals surface area contributed by atoms with Crippen LogP contribution in [0.15, 0.2) is 58.2 Å². The van der Waals surface area contributed by atoms with Gasteiger partial charge in [-0.25, -0.2) is 13.4 Å². The second-order valence-electron chi connectivity index (χ2n) is 9.90. The zero-order chi connectivity index (χ0) is 29.0. The topological polar surface area (TPSA) is 123 Å². The van der Waals surface area contributed by atoms with E-state index in [1.807, 2.05) is 44.2 Å². The molecular formula is C29H36N6O5S. The lowest BCUT2D eigenvalue weighted by Crippen LogP contribution is -2.42. The number of ether oxygens (including phenoxy) is 2. The normalized spacial score (nSPS) is 14.6. The zero-order valence-electron chi connectivity index (χ0n) is 23.7. The van der Waals surface area contributed by atoms with Gasteiger partial charge < -0.3 is 14.5 Å². The molecule has 3 heterocycles. The average Bonchev–Trinajstić information content (AvgIpc) is 3.32. The fourth-order valence-corrected chi connectivity index (χ4v) is 6.49. The zero-order valence-corrected chi connectivity index (χ0v) is 24.5. The standard InChI is InChI=1S/C29H36N6O5S/c1-4-24-26-27(33(3)32-24)29(36)31-28(30-26)23-19-22(11-12-25(23)40-5-2)41(37,38)35(20-21-9-7-6-8-10-21)14-13-34-15-17-39-18-16-34/h6-12,19H,4-5,13-18,20H2,1-3H3,(H,30,31,36). The molecule has 1 aliphatic heterocycles. The molecule has 1 N–H and O–H groups in total. The van der Waals surface area contributed by atoms with E-state index in [-0.39, 0.29) is 22.8 Å². The summed E-state index contributed by atoms with van der Waals surface area (Å²) >= 11 is 0.